The van der Waals surface area contributed by atoms with Crippen LogP contribution in [0.1, 0.15) is 10.4 Å². The van der Waals surface area contributed by atoms with E-state index in [1.165, 1.54) is 10.4 Å². The minimum atomic E-state index is 0.774. The molecule has 84 valence electrons. The molecule has 0 atom stereocenters. The molecule has 16 heavy (non-hydrogen) atoms. The zero-order valence-electron chi connectivity index (χ0n) is 8.76. The third-order valence-corrected chi connectivity index (χ3v) is 4.14. The van der Waals surface area contributed by atoms with Crippen molar-refractivity contribution in [3.05, 3.63) is 49.6 Å². The SMILES string of the molecule is Cc1ccc(NCc2ccc(Br)s2)c(Cl)c1. The Morgan fingerprint density at radius 2 is 2.12 bits per heavy atom. The van der Waals surface area contributed by atoms with Crippen molar-refractivity contribution in [2.75, 3.05) is 5.32 Å². The maximum absolute atomic E-state index is 6.13. The Morgan fingerprint density at radius 3 is 2.75 bits per heavy atom. The lowest BCUT2D eigenvalue weighted by Gasteiger charge is -2.07. The van der Waals surface area contributed by atoms with Crippen molar-refractivity contribution in [3.8, 4) is 0 Å². The molecule has 2 rings (SSSR count). The monoisotopic (exact) mass is 315 g/mol. The highest BCUT2D eigenvalue weighted by Gasteiger charge is 2.01. The number of hydrogen-bond acceptors (Lipinski definition) is 2. The summed E-state index contributed by atoms with van der Waals surface area (Å²) in [5.74, 6) is 0. The fourth-order valence-electron chi connectivity index (χ4n) is 1.39. The number of halogens is 2. The van der Waals surface area contributed by atoms with Gasteiger partial charge in [-0.3, -0.25) is 0 Å². The summed E-state index contributed by atoms with van der Waals surface area (Å²) in [5.41, 5.74) is 2.16. The normalized spacial score (nSPS) is 10.4. The van der Waals surface area contributed by atoms with Gasteiger partial charge in [0.15, 0.2) is 0 Å². The molecule has 1 heterocycles. The molecule has 0 fully saturated rings. The topological polar surface area (TPSA) is 12.0 Å². The second-order valence-corrected chi connectivity index (χ2v) is 6.50. The van der Waals surface area contributed by atoms with E-state index in [-0.39, 0.29) is 0 Å². The van der Waals surface area contributed by atoms with Crippen LogP contribution >= 0.6 is 38.9 Å². The van der Waals surface area contributed by atoms with E-state index in [0.717, 1.165) is 21.0 Å². The van der Waals surface area contributed by atoms with E-state index in [2.05, 4.69) is 39.4 Å². The number of thiophene rings is 1. The molecule has 0 aliphatic heterocycles. The molecule has 0 aliphatic carbocycles. The van der Waals surface area contributed by atoms with Crippen LogP contribution in [0.5, 0.6) is 0 Å². The number of anilines is 1. The third kappa shape index (κ3) is 3.00. The molecule has 1 aromatic carbocycles. The second kappa shape index (κ2) is 5.21. The first kappa shape index (κ1) is 12.0. The molecule has 0 saturated carbocycles. The summed E-state index contributed by atoms with van der Waals surface area (Å²) >= 11 is 11.3. The van der Waals surface area contributed by atoms with Gasteiger partial charge in [0.2, 0.25) is 0 Å². The number of rotatable bonds is 3. The average molecular weight is 317 g/mol. The Balaban J connectivity index is 2.04. The van der Waals surface area contributed by atoms with E-state index in [1.807, 2.05) is 19.1 Å². The van der Waals surface area contributed by atoms with Gasteiger partial charge in [0, 0.05) is 11.4 Å². The van der Waals surface area contributed by atoms with Crippen molar-refractivity contribution >= 4 is 44.6 Å². The summed E-state index contributed by atoms with van der Waals surface area (Å²) in [7, 11) is 0. The second-order valence-electron chi connectivity index (χ2n) is 3.54. The number of benzene rings is 1. The molecular formula is C12H11BrClNS. The molecule has 0 amide bonds. The predicted molar refractivity (Wildman–Crippen MR) is 75.5 cm³/mol. The molecule has 1 N–H and O–H groups in total. The van der Waals surface area contributed by atoms with Gasteiger partial charge in [0.1, 0.15) is 0 Å². The van der Waals surface area contributed by atoms with E-state index < -0.39 is 0 Å². The van der Waals surface area contributed by atoms with Crippen LogP contribution < -0.4 is 5.32 Å². The highest BCUT2D eigenvalue weighted by Crippen LogP contribution is 2.26. The standard InChI is InChI=1S/C12H11BrClNS/c1-8-2-4-11(10(14)6-8)15-7-9-3-5-12(13)16-9/h2-6,15H,7H2,1H3. The maximum Gasteiger partial charge on any atom is 0.0702 e. The van der Waals surface area contributed by atoms with Gasteiger partial charge in [0.25, 0.3) is 0 Å². The van der Waals surface area contributed by atoms with E-state index in [9.17, 15) is 0 Å². The van der Waals surface area contributed by atoms with Gasteiger partial charge in [-0.15, -0.1) is 11.3 Å². The van der Waals surface area contributed by atoms with Crippen LogP contribution in [0.2, 0.25) is 5.02 Å². The molecule has 0 saturated heterocycles. The third-order valence-electron chi connectivity index (χ3n) is 2.21. The summed E-state index contributed by atoms with van der Waals surface area (Å²) in [6.07, 6.45) is 0. The summed E-state index contributed by atoms with van der Waals surface area (Å²) in [4.78, 5) is 1.28. The summed E-state index contributed by atoms with van der Waals surface area (Å²) in [5, 5.41) is 4.10. The van der Waals surface area contributed by atoms with Gasteiger partial charge in [-0.25, -0.2) is 0 Å². The fourth-order valence-corrected chi connectivity index (χ4v) is 3.12. The van der Waals surface area contributed by atoms with Gasteiger partial charge in [-0.05, 0) is 52.7 Å². The molecule has 0 spiro atoms. The van der Waals surface area contributed by atoms with Crippen LogP contribution in [-0.2, 0) is 6.54 Å². The molecule has 2 aromatic rings. The Kier molecular flexibility index (Phi) is 3.90. The first-order chi connectivity index (χ1) is 7.65. The van der Waals surface area contributed by atoms with E-state index in [1.54, 1.807) is 11.3 Å². The lowest BCUT2D eigenvalue weighted by Crippen LogP contribution is -1.97. The first-order valence-electron chi connectivity index (χ1n) is 4.89. The summed E-state index contributed by atoms with van der Waals surface area (Å²) in [6, 6.07) is 10.2. The predicted octanol–water partition coefficient (Wildman–Crippen LogP) is 5.08. The minimum Gasteiger partial charge on any atom is -0.379 e. The van der Waals surface area contributed by atoms with Crippen LogP contribution in [0.15, 0.2) is 34.1 Å². The van der Waals surface area contributed by atoms with Crippen molar-refractivity contribution in [3.63, 3.8) is 0 Å². The molecule has 4 heteroatoms. The smallest absolute Gasteiger partial charge is 0.0702 e. The Morgan fingerprint density at radius 1 is 1.31 bits per heavy atom. The number of hydrogen-bond donors (Lipinski definition) is 1. The van der Waals surface area contributed by atoms with Crippen LogP contribution in [-0.4, -0.2) is 0 Å². The van der Waals surface area contributed by atoms with Crippen molar-refractivity contribution in [1.82, 2.24) is 0 Å². The number of nitrogens with one attached hydrogen (secondary N) is 1. The Bertz CT molecular complexity index is 496. The first-order valence-corrected chi connectivity index (χ1v) is 6.88. The molecular weight excluding hydrogens is 306 g/mol. The fraction of sp³-hybridized carbons (Fsp3) is 0.167. The van der Waals surface area contributed by atoms with Crippen molar-refractivity contribution in [2.24, 2.45) is 0 Å². The quantitative estimate of drug-likeness (QED) is 0.832. The average Bonchev–Trinajstić information content (AvgIpc) is 2.63. The van der Waals surface area contributed by atoms with Crippen molar-refractivity contribution in [2.45, 2.75) is 13.5 Å². The zero-order valence-corrected chi connectivity index (χ0v) is 11.9. The highest BCUT2D eigenvalue weighted by atomic mass is 79.9. The van der Waals surface area contributed by atoms with Crippen LogP contribution in [0.4, 0.5) is 5.69 Å². The van der Waals surface area contributed by atoms with Gasteiger partial charge < -0.3 is 5.32 Å². The Labute approximate surface area is 113 Å². The van der Waals surface area contributed by atoms with E-state index in [4.69, 9.17) is 11.6 Å². The lowest BCUT2D eigenvalue weighted by molar-refractivity contribution is 1.19. The van der Waals surface area contributed by atoms with Crippen LogP contribution in [0, 0.1) is 6.92 Å². The maximum atomic E-state index is 6.13. The van der Waals surface area contributed by atoms with Gasteiger partial charge in [0.05, 0.1) is 14.5 Å². The summed E-state index contributed by atoms with van der Waals surface area (Å²) < 4.78 is 1.15. The molecule has 0 bridgehead atoms. The van der Waals surface area contributed by atoms with Crippen molar-refractivity contribution < 1.29 is 0 Å². The van der Waals surface area contributed by atoms with E-state index >= 15 is 0 Å². The van der Waals surface area contributed by atoms with Gasteiger partial charge in [-0.1, -0.05) is 17.7 Å². The minimum absolute atomic E-state index is 0.774. The van der Waals surface area contributed by atoms with Gasteiger partial charge >= 0.3 is 0 Å². The Hall–Kier alpha value is -0.510. The van der Waals surface area contributed by atoms with Gasteiger partial charge in [-0.2, -0.15) is 0 Å². The molecule has 0 radical (unpaired) electrons. The highest BCUT2D eigenvalue weighted by molar-refractivity contribution is 9.11. The lowest BCUT2D eigenvalue weighted by atomic mass is 10.2. The van der Waals surface area contributed by atoms with Crippen molar-refractivity contribution in [1.29, 1.82) is 0 Å². The number of aryl methyl sites for hydroxylation is 1. The zero-order chi connectivity index (χ0) is 11.5. The van der Waals surface area contributed by atoms with Crippen LogP contribution in [0.3, 0.4) is 0 Å². The van der Waals surface area contributed by atoms with Crippen LogP contribution in [0.25, 0.3) is 0 Å². The largest absolute Gasteiger partial charge is 0.379 e. The molecule has 0 aliphatic rings. The molecule has 1 aromatic heterocycles. The summed E-state index contributed by atoms with van der Waals surface area (Å²) in [6.45, 7) is 2.84. The molecule has 1 nitrogen and oxygen atoms in total. The van der Waals surface area contributed by atoms with E-state index in [0.29, 0.717) is 0 Å². The molecule has 0 unspecified atom stereocenters.